The van der Waals surface area contributed by atoms with Gasteiger partial charge in [0.1, 0.15) is 16.3 Å². The summed E-state index contributed by atoms with van der Waals surface area (Å²) in [6, 6.07) is 12.0. The Morgan fingerprint density at radius 2 is 1.89 bits per heavy atom. The molecule has 0 spiro atoms. The number of aromatic nitrogens is 2. The first-order chi connectivity index (χ1) is 13.0. The second-order valence-corrected chi connectivity index (χ2v) is 6.96. The van der Waals surface area contributed by atoms with Crippen LogP contribution >= 0.6 is 11.3 Å². The Kier molecular flexibility index (Phi) is 7.19. The van der Waals surface area contributed by atoms with Crippen molar-refractivity contribution < 1.29 is 9.53 Å². The minimum atomic E-state index is -0.398. The second-order valence-electron chi connectivity index (χ2n) is 5.91. The number of carbonyl (C=O) groups excluding carboxylic acids is 1. The maximum absolute atomic E-state index is 12.5. The number of nitrogens with two attached hydrogens (primary N) is 1. The molecule has 0 saturated carbocycles. The van der Waals surface area contributed by atoms with Crippen LogP contribution in [0.5, 0.6) is 0 Å². The zero-order valence-corrected chi connectivity index (χ0v) is 17.3. The van der Waals surface area contributed by atoms with Gasteiger partial charge >= 0.3 is 5.97 Å². The minimum Gasteiger partial charge on any atom is -0.462 e. The summed E-state index contributed by atoms with van der Waals surface area (Å²) in [7, 11) is 0. The van der Waals surface area contributed by atoms with Gasteiger partial charge in [0.05, 0.1) is 11.5 Å². The van der Waals surface area contributed by atoms with E-state index in [0.717, 1.165) is 21.7 Å². The fraction of sp³-hybridized carbons (Fsp3) is 0.333. The Balaban J connectivity index is 0.00000126. The monoisotopic (exact) mass is 385 g/mol. The molecule has 0 aliphatic carbocycles. The lowest BCUT2D eigenvalue weighted by atomic mass is 10.00. The molecule has 0 fully saturated rings. The van der Waals surface area contributed by atoms with Crippen molar-refractivity contribution in [3.05, 3.63) is 48.2 Å². The van der Waals surface area contributed by atoms with E-state index in [4.69, 9.17) is 10.5 Å². The van der Waals surface area contributed by atoms with Gasteiger partial charge in [-0.25, -0.2) is 4.79 Å². The molecule has 3 rings (SSSR count). The van der Waals surface area contributed by atoms with Gasteiger partial charge in [0, 0.05) is 17.8 Å². The molecule has 2 heterocycles. The van der Waals surface area contributed by atoms with E-state index in [-0.39, 0.29) is 6.04 Å². The highest BCUT2D eigenvalue weighted by Crippen LogP contribution is 2.44. The first-order valence-electron chi connectivity index (χ1n) is 9.23. The molecule has 5 nitrogen and oxygen atoms in total. The molecule has 0 bridgehead atoms. The summed E-state index contributed by atoms with van der Waals surface area (Å²) in [5, 5.41) is 5.10. The van der Waals surface area contributed by atoms with Gasteiger partial charge in [0.2, 0.25) is 0 Å². The topological polar surface area (TPSA) is 70.1 Å². The Bertz CT molecular complexity index is 882. The average molecular weight is 386 g/mol. The molecule has 2 N–H and O–H groups in total. The third-order valence-electron chi connectivity index (χ3n) is 3.85. The summed E-state index contributed by atoms with van der Waals surface area (Å²) >= 11 is 1.37. The number of nitrogens with zero attached hydrogens (tertiary/aromatic N) is 2. The van der Waals surface area contributed by atoms with Crippen LogP contribution in [0.3, 0.4) is 0 Å². The summed E-state index contributed by atoms with van der Waals surface area (Å²) in [5.74, 6) is -0.398. The van der Waals surface area contributed by atoms with Gasteiger partial charge in [-0.3, -0.25) is 4.68 Å². The SMILES string of the molecule is CC.CCOC(=O)c1c(N)sc(-c2ccn(C(C)C)n2)c1-c1ccccc1. The number of ether oxygens (including phenoxy) is 1. The number of carbonyl (C=O) groups is 1. The number of esters is 1. The standard InChI is InChI=1S/C19H21N3O2S.C2H6/c1-4-24-19(23)16-15(13-8-6-5-7-9-13)17(25-18(16)20)14-10-11-22(21-14)12(2)3;1-2/h5-12H,4,20H2,1-3H3;1-2H3. The molecule has 2 aromatic heterocycles. The van der Waals surface area contributed by atoms with Gasteiger partial charge in [-0.1, -0.05) is 44.2 Å². The summed E-state index contributed by atoms with van der Waals surface area (Å²) in [6.07, 6.45) is 1.94. The van der Waals surface area contributed by atoms with Gasteiger partial charge in [-0.2, -0.15) is 5.10 Å². The molecule has 0 aliphatic heterocycles. The van der Waals surface area contributed by atoms with Crippen molar-refractivity contribution in [3.8, 4) is 21.7 Å². The maximum atomic E-state index is 12.5. The molecular formula is C21H27N3O2S. The van der Waals surface area contributed by atoms with Crippen LogP contribution in [0, 0.1) is 0 Å². The molecule has 1 aromatic carbocycles. The number of hydrogen-bond donors (Lipinski definition) is 1. The number of rotatable bonds is 5. The number of thiophene rings is 1. The summed E-state index contributed by atoms with van der Waals surface area (Å²) in [4.78, 5) is 13.4. The van der Waals surface area contributed by atoms with Crippen molar-refractivity contribution in [2.75, 3.05) is 12.3 Å². The van der Waals surface area contributed by atoms with Crippen molar-refractivity contribution >= 4 is 22.3 Å². The van der Waals surface area contributed by atoms with Crippen molar-refractivity contribution in [2.45, 2.75) is 40.7 Å². The summed E-state index contributed by atoms with van der Waals surface area (Å²) < 4.78 is 7.12. The van der Waals surface area contributed by atoms with Gasteiger partial charge in [-0.15, -0.1) is 11.3 Å². The zero-order chi connectivity index (χ0) is 20.0. The quantitative estimate of drug-likeness (QED) is 0.577. The summed E-state index contributed by atoms with van der Waals surface area (Å²) in [6.45, 7) is 10.2. The molecule has 0 saturated heterocycles. The van der Waals surface area contributed by atoms with Crippen LogP contribution in [0.1, 0.15) is 51.0 Å². The lowest BCUT2D eigenvalue weighted by Gasteiger charge is -2.08. The predicted molar refractivity (Wildman–Crippen MR) is 113 cm³/mol. The fourth-order valence-electron chi connectivity index (χ4n) is 2.66. The van der Waals surface area contributed by atoms with E-state index in [0.29, 0.717) is 17.2 Å². The average Bonchev–Trinajstić information content (AvgIpc) is 3.29. The molecular weight excluding hydrogens is 358 g/mol. The fourth-order valence-corrected chi connectivity index (χ4v) is 3.70. The molecule has 27 heavy (non-hydrogen) atoms. The van der Waals surface area contributed by atoms with Crippen LogP contribution in [0.2, 0.25) is 0 Å². The normalized spacial score (nSPS) is 10.4. The highest BCUT2D eigenvalue weighted by atomic mass is 32.1. The number of anilines is 1. The molecule has 0 atom stereocenters. The van der Waals surface area contributed by atoms with E-state index in [1.165, 1.54) is 11.3 Å². The molecule has 0 radical (unpaired) electrons. The van der Waals surface area contributed by atoms with E-state index >= 15 is 0 Å². The highest BCUT2D eigenvalue weighted by molar-refractivity contribution is 7.20. The molecule has 0 aliphatic rings. The second kappa shape index (κ2) is 9.37. The van der Waals surface area contributed by atoms with Crippen molar-refractivity contribution in [1.29, 1.82) is 0 Å². The van der Waals surface area contributed by atoms with E-state index in [9.17, 15) is 4.79 Å². The van der Waals surface area contributed by atoms with Crippen molar-refractivity contribution in [2.24, 2.45) is 0 Å². The first-order valence-corrected chi connectivity index (χ1v) is 10.0. The van der Waals surface area contributed by atoms with Gasteiger partial charge in [-0.05, 0) is 32.4 Å². The summed E-state index contributed by atoms with van der Waals surface area (Å²) in [5.41, 5.74) is 9.14. The number of benzene rings is 1. The van der Waals surface area contributed by atoms with E-state index < -0.39 is 5.97 Å². The number of hydrogen-bond acceptors (Lipinski definition) is 5. The Morgan fingerprint density at radius 3 is 2.44 bits per heavy atom. The molecule has 0 unspecified atom stereocenters. The lowest BCUT2D eigenvalue weighted by molar-refractivity contribution is 0.0529. The van der Waals surface area contributed by atoms with Crippen LogP contribution in [-0.4, -0.2) is 22.4 Å². The third-order valence-corrected chi connectivity index (χ3v) is 4.89. The van der Waals surface area contributed by atoms with Gasteiger partial charge in [0.15, 0.2) is 0 Å². The Morgan fingerprint density at radius 1 is 1.22 bits per heavy atom. The third kappa shape index (κ3) is 4.39. The van der Waals surface area contributed by atoms with Crippen LogP contribution in [0.15, 0.2) is 42.6 Å². The molecule has 0 amide bonds. The number of nitrogen functional groups attached to an aromatic ring is 1. The van der Waals surface area contributed by atoms with Crippen LogP contribution < -0.4 is 5.73 Å². The predicted octanol–water partition coefficient (Wildman–Crippen LogP) is 5.64. The van der Waals surface area contributed by atoms with Crippen LogP contribution in [-0.2, 0) is 4.74 Å². The van der Waals surface area contributed by atoms with E-state index in [2.05, 4.69) is 18.9 Å². The lowest BCUT2D eigenvalue weighted by Crippen LogP contribution is -2.07. The maximum Gasteiger partial charge on any atom is 0.341 e. The minimum absolute atomic E-state index is 0.260. The first kappa shape index (κ1) is 20.7. The smallest absolute Gasteiger partial charge is 0.341 e. The van der Waals surface area contributed by atoms with Crippen molar-refractivity contribution in [1.82, 2.24) is 9.78 Å². The van der Waals surface area contributed by atoms with E-state index in [1.54, 1.807) is 6.92 Å². The van der Waals surface area contributed by atoms with E-state index in [1.807, 2.05) is 61.1 Å². The van der Waals surface area contributed by atoms with Crippen molar-refractivity contribution in [3.63, 3.8) is 0 Å². The van der Waals surface area contributed by atoms with Gasteiger partial charge < -0.3 is 10.5 Å². The Labute approximate surface area is 164 Å². The largest absolute Gasteiger partial charge is 0.462 e. The van der Waals surface area contributed by atoms with Crippen LogP contribution in [0.4, 0.5) is 5.00 Å². The highest BCUT2D eigenvalue weighted by Gasteiger charge is 2.26. The molecule has 6 heteroatoms. The zero-order valence-electron chi connectivity index (χ0n) is 16.5. The molecule has 3 aromatic rings. The Hall–Kier alpha value is -2.60. The van der Waals surface area contributed by atoms with Crippen LogP contribution in [0.25, 0.3) is 21.7 Å². The van der Waals surface area contributed by atoms with Gasteiger partial charge in [0.25, 0.3) is 0 Å². The molecule has 144 valence electrons.